The molecule has 0 spiro atoms. The molecule has 0 saturated heterocycles. The predicted molar refractivity (Wildman–Crippen MR) is 124 cm³/mol. The van der Waals surface area contributed by atoms with Gasteiger partial charge in [-0.3, -0.25) is 19.8 Å². The standard InChI is InChI=1S/C24H24N4O3S/c1-13-9-17(14(2)32-13)21-18(12-25)23(26)27(15-5-7-16(8-6-15)28(30)31)19-10-24(3,4)11-20(29)22(19)21/h5-9,21H,10-11,26H2,1-4H3/t21-/m0/s1. The van der Waals surface area contributed by atoms with Crippen molar-refractivity contribution in [2.45, 2.75) is 46.5 Å². The highest BCUT2D eigenvalue weighted by molar-refractivity contribution is 7.12. The summed E-state index contributed by atoms with van der Waals surface area (Å²) in [4.78, 5) is 28.0. The highest BCUT2D eigenvalue weighted by Gasteiger charge is 2.45. The Labute approximate surface area is 190 Å². The molecule has 0 amide bonds. The molecule has 4 rings (SSSR count). The molecule has 1 aromatic carbocycles. The Kier molecular flexibility index (Phi) is 5.18. The van der Waals surface area contributed by atoms with E-state index in [2.05, 4.69) is 6.07 Å². The first-order chi connectivity index (χ1) is 15.0. The Morgan fingerprint density at radius 3 is 2.44 bits per heavy atom. The molecule has 0 radical (unpaired) electrons. The minimum absolute atomic E-state index is 0.0108. The number of thiophene rings is 1. The van der Waals surface area contributed by atoms with Gasteiger partial charge in [0.2, 0.25) is 0 Å². The molecule has 0 fully saturated rings. The largest absolute Gasteiger partial charge is 0.384 e. The lowest BCUT2D eigenvalue weighted by molar-refractivity contribution is -0.384. The Hall–Kier alpha value is -3.44. The Morgan fingerprint density at radius 2 is 1.91 bits per heavy atom. The maximum absolute atomic E-state index is 13.5. The fourth-order valence-corrected chi connectivity index (χ4v) is 5.74. The number of allylic oxidation sites excluding steroid dienone is 3. The fraction of sp³-hybridized carbons (Fsp3) is 0.333. The Balaban J connectivity index is 1.98. The molecule has 2 heterocycles. The minimum atomic E-state index is -0.502. The van der Waals surface area contributed by atoms with Crippen LogP contribution in [-0.2, 0) is 4.79 Å². The molecule has 0 unspecified atom stereocenters. The van der Waals surface area contributed by atoms with Crippen LogP contribution in [0.5, 0.6) is 0 Å². The highest BCUT2D eigenvalue weighted by atomic mass is 32.1. The van der Waals surface area contributed by atoms with E-state index < -0.39 is 10.8 Å². The second-order valence-corrected chi connectivity index (χ2v) is 10.6. The first-order valence-corrected chi connectivity index (χ1v) is 11.1. The second-order valence-electron chi connectivity index (χ2n) is 9.12. The molecule has 7 nitrogen and oxygen atoms in total. The predicted octanol–water partition coefficient (Wildman–Crippen LogP) is 5.21. The summed E-state index contributed by atoms with van der Waals surface area (Å²) >= 11 is 1.63. The number of non-ortho nitro benzene ring substituents is 1. The van der Waals surface area contributed by atoms with Gasteiger partial charge >= 0.3 is 0 Å². The summed E-state index contributed by atoms with van der Waals surface area (Å²) in [6.07, 6.45) is 0.986. The van der Waals surface area contributed by atoms with Crippen molar-refractivity contribution in [1.29, 1.82) is 5.26 Å². The summed E-state index contributed by atoms with van der Waals surface area (Å²) in [6, 6.07) is 10.3. The van der Waals surface area contributed by atoms with Gasteiger partial charge in [0.1, 0.15) is 5.82 Å². The number of nitriles is 1. The SMILES string of the molecule is Cc1cc([C@H]2C(C#N)=C(N)N(c3ccc([N+](=O)[O-])cc3)C3=C2C(=O)CC(C)(C)C3)c(C)s1. The number of hydrogen-bond acceptors (Lipinski definition) is 7. The third kappa shape index (κ3) is 3.49. The number of carbonyl (C=O) groups excluding carboxylic acids is 1. The molecule has 1 aliphatic carbocycles. The summed E-state index contributed by atoms with van der Waals surface area (Å²) in [5, 5.41) is 21.2. The van der Waals surface area contributed by atoms with Gasteiger partial charge in [-0.25, -0.2) is 0 Å². The van der Waals surface area contributed by atoms with E-state index in [-0.39, 0.29) is 22.7 Å². The quantitative estimate of drug-likeness (QED) is 0.509. The first kappa shape index (κ1) is 21.8. The smallest absolute Gasteiger partial charge is 0.269 e. The summed E-state index contributed by atoms with van der Waals surface area (Å²) in [5.41, 5.74) is 9.52. The van der Waals surface area contributed by atoms with E-state index in [0.29, 0.717) is 29.7 Å². The lowest BCUT2D eigenvalue weighted by Gasteiger charge is -2.43. The van der Waals surface area contributed by atoms with E-state index >= 15 is 0 Å². The van der Waals surface area contributed by atoms with E-state index in [1.807, 2.05) is 33.8 Å². The molecular weight excluding hydrogens is 424 g/mol. The molecule has 2 N–H and O–H groups in total. The Bertz CT molecular complexity index is 1250. The lowest BCUT2D eigenvalue weighted by Crippen LogP contribution is -2.42. The monoisotopic (exact) mass is 448 g/mol. The number of aryl methyl sites for hydroxylation is 2. The number of nitro groups is 1. The number of Topliss-reactive ketones (excluding diaryl/α,β-unsaturated/α-hetero) is 1. The molecule has 2 aromatic rings. The molecule has 32 heavy (non-hydrogen) atoms. The number of nitrogens with two attached hydrogens (primary N) is 1. The van der Waals surface area contributed by atoms with Gasteiger partial charge in [0.25, 0.3) is 5.69 Å². The van der Waals surface area contributed by atoms with Crippen molar-refractivity contribution in [2.24, 2.45) is 11.1 Å². The average Bonchev–Trinajstić information content (AvgIpc) is 3.04. The number of hydrogen-bond donors (Lipinski definition) is 1. The zero-order valence-corrected chi connectivity index (χ0v) is 19.2. The maximum atomic E-state index is 13.5. The lowest BCUT2D eigenvalue weighted by atomic mass is 9.68. The van der Waals surface area contributed by atoms with E-state index in [1.54, 1.807) is 28.4 Å². The topological polar surface area (TPSA) is 113 Å². The van der Waals surface area contributed by atoms with Crippen molar-refractivity contribution in [1.82, 2.24) is 0 Å². The van der Waals surface area contributed by atoms with Crippen molar-refractivity contribution in [3.05, 3.63) is 78.4 Å². The van der Waals surface area contributed by atoms with Crippen molar-refractivity contribution in [3.8, 4) is 6.07 Å². The highest BCUT2D eigenvalue weighted by Crippen LogP contribution is 2.51. The van der Waals surface area contributed by atoms with Gasteiger partial charge < -0.3 is 5.73 Å². The van der Waals surface area contributed by atoms with Crippen LogP contribution in [0, 0.1) is 40.7 Å². The number of carbonyl (C=O) groups is 1. The summed E-state index contributed by atoms with van der Waals surface area (Å²) < 4.78 is 0. The van der Waals surface area contributed by atoms with Gasteiger partial charge in [0.15, 0.2) is 5.78 Å². The van der Waals surface area contributed by atoms with Crippen molar-refractivity contribution < 1.29 is 9.72 Å². The molecule has 1 atom stereocenters. The van der Waals surface area contributed by atoms with Gasteiger partial charge in [-0.05, 0) is 49.4 Å². The van der Waals surface area contributed by atoms with Gasteiger partial charge in [-0.15, -0.1) is 11.3 Å². The molecule has 8 heteroatoms. The molecule has 0 bridgehead atoms. The van der Waals surface area contributed by atoms with Crippen LogP contribution >= 0.6 is 11.3 Å². The van der Waals surface area contributed by atoms with E-state index in [4.69, 9.17) is 5.73 Å². The van der Waals surface area contributed by atoms with Gasteiger partial charge in [-0.1, -0.05) is 13.8 Å². The van der Waals surface area contributed by atoms with Gasteiger partial charge in [-0.2, -0.15) is 5.26 Å². The van der Waals surface area contributed by atoms with Crippen LogP contribution in [0.1, 0.15) is 47.9 Å². The third-order valence-electron chi connectivity index (χ3n) is 6.09. The van der Waals surface area contributed by atoms with Gasteiger partial charge in [0, 0.05) is 45.3 Å². The maximum Gasteiger partial charge on any atom is 0.269 e. The Morgan fingerprint density at radius 1 is 1.25 bits per heavy atom. The molecule has 2 aliphatic rings. The van der Waals surface area contributed by atoms with Crippen molar-refractivity contribution in [2.75, 3.05) is 4.90 Å². The van der Waals surface area contributed by atoms with Crippen LogP contribution in [0.25, 0.3) is 0 Å². The number of rotatable bonds is 3. The zero-order chi connectivity index (χ0) is 23.4. The molecule has 1 aliphatic heterocycles. The van der Waals surface area contributed by atoms with Crippen LogP contribution in [0.3, 0.4) is 0 Å². The minimum Gasteiger partial charge on any atom is -0.384 e. The van der Waals surface area contributed by atoms with Crippen LogP contribution in [0.15, 0.2) is 53.0 Å². The second kappa shape index (κ2) is 7.61. The van der Waals surface area contributed by atoms with Crippen molar-refractivity contribution in [3.63, 3.8) is 0 Å². The molecular formula is C24H24N4O3S. The van der Waals surface area contributed by atoms with Gasteiger partial charge in [0.05, 0.1) is 22.5 Å². The summed E-state index contributed by atoms with van der Waals surface area (Å²) in [6.45, 7) is 8.08. The zero-order valence-electron chi connectivity index (χ0n) is 18.4. The third-order valence-corrected chi connectivity index (χ3v) is 7.07. The van der Waals surface area contributed by atoms with Crippen LogP contribution in [0.4, 0.5) is 11.4 Å². The van der Waals surface area contributed by atoms with Crippen LogP contribution in [-0.4, -0.2) is 10.7 Å². The number of ketones is 1. The molecule has 1 aromatic heterocycles. The van der Waals surface area contributed by atoms with Crippen molar-refractivity contribution >= 4 is 28.5 Å². The molecule has 164 valence electrons. The van der Waals surface area contributed by atoms with E-state index in [0.717, 1.165) is 21.0 Å². The number of nitro benzene ring substituents is 1. The number of benzene rings is 1. The number of nitrogens with zero attached hydrogens (tertiary/aromatic N) is 3. The van der Waals surface area contributed by atoms with Crippen LogP contribution < -0.4 is 10.6 Å². The normalized spacial score (nSPS) is 20.3. The van der Waals surface area contributed by atoms with Crippen LogP contribution in [0.2, 0.25) is 0 Å². The average molecular weight is 449 g/mol. The summed E-state index contributed by atoms with van der Waals surface area (Å²) in [5.74, 6) is -0.228. The van der Waals surface area contributed by atoms with E-state index in [1.165, 1.54) is 12.1 Å². The molecule has 0 saturated carbocycles. The summed E-state index contributed by atoms with van der Waals surface area (Å²) in [7, 11) is 0. The fourth-order valence-electron chi connectivity index (χ4n) is 4.78. The number of anilines is 1. The first-order valence-electron chi connectivity index (χ1n) is 10.3. The van der Waals surface area contributed by atoms with E-state index in [9.17, 15) is 20.2 Å².